The molecule has 2 N–H and O–H groups in total. The molecule has 0 aliphatic carbocycles. The average Bonchev–Trinajstić information content (AvgIpc) is 3.41. The molecule has 0 saturated carbocycles. The molecule has 0 unspecified atom stereocenters. The Hall–Kier alpha value is -2.33. The number of thiazole rings is 1. The van der Waals surface area contributed by atoms with E-state index in [0.717, 1.165) is 20.3 Å². The van der Waals surface area contributed by atoms with Crippen molar-refractivity contribution in [1.29, 1.82) is 0 Å². The van der Waals surface area contributed by atoms with E-state index in [1.54, 1.807) is 10.8 Å². The van der Waals surface area contributed by atoms with Crippen LogP contribution in [0.4, 0.5) is 5.13 Å². The fourth-order valence-electron chi connectivity index (χ4n) is 2.64. The molecule has 28 heavy (non-hydrogen) atoms. The number of anilines is 1. The first-order chi connectivity index (χ1) is 13.6. The van der Waals surface area contributed by atoms with Crippen molar-refractivity contribution in [2.24, 2.45) is 0 Å². The lowest BCUT2D eigenvalue weighted by molar-refractivity contribution is -0.116. The van der Waals surface area contributed by atoms with Gasteiger partial charge in [-0.1, -0.05) is 35.9 Å². The SMILES string of the molecule is O=C(Cn1c(-c2cccs2)n[nH]c1=S)Nc1ncc(Cc2ccccc2Cl)s1. The summed E-state index contributed by atoms with van der Waals surface area (Å²) in [5.74, 6) is 0.433. The van der Waals surface area contributed by atoms with E-state index in [2.05, 4.69) is 20.5 Å². The van der Waals surface area contributed by atoms with Gasteiger partial charge in [-0.15, -0.1) is 22.7 Å². The molecule has 0 fully saturated rings. The molecule has 4 aromatic rings. The van der Waals surface area contributed by atoms with Gasteiger partial charge in [0.2, 0.25) is 5.91 Å². The first-order valence-electron chi connectivity index (χ1n) is 8.27. The largest absolute Gasteiger partial charge is 0.300 e. The van der Waals surface area contributed by atoms with Gasteiger partial charge in [0.15, 0.2) is 15.7 Å². The number of amides is 1. The number of hydrogen-bond donors (Lipinski definition) is 2. The van der Waals surface area contributed by atoms with E-state index >= 15 is 0 Å². The zero-order valence-electron chi connectivity index (χ0n) is 14.4. The van der Waals surface area contributed by atoms with Gasteiger partial charge in [0.05, 0.1) is 4.88 Å². The zero-order valence-corrected chi connectivity index (χ0v) is 17.6. The monoisotopic (exact) mass is 447 g/mol. The van der Waals surface area contributed by atoms with E-state index in [1.165, 1.54) is 22.7 Å². The molecule has 0 spiro atoms. The summed E-state index contributed by atoms with van der Waals surface area (Å²) in [6.45, 7) is 0.0575. The third-order valence-electron chi connectivity index (χ3n) is 3.92. The molecule has 1 amide bonds. The third-order valence-corrected chi connectivity index (χ3v) is 6.38. The number of halogens is 1. The molecule has 3 aromatic heterocycles. The van der Waals surface area contributed by atoms with Gasteiger partial charge in [-0.25, -0.2) is 4.98 Å². The summed E-state index contributed by atoms with van der Waals surface area (Å²) in [7, 11) is 0. The summed E-state index contributed by atoms with van der Waals surface area (Å²) in [6, 6.07) is 11.6. The fourth-order valence-corrected chi connectivity index (χ4v) is 4.61. The number of H-pyrrole nitrogens is 1. The lowest BCUT2D eigenvalue weighted by Crippen LogP contribution is -2.19. The second-order valence-corrected chi connectivity index (χ2v) is 8.72. The highest BCUT2D eigenvalue weighted by Crippen LogP contribution is 2.25. The van der Waals surface area contributed by atoms with Gasteiger partial charge in [-0.05, 0) is 35.3 Å². The van der Waals surface area contributed by atoms with Crippen molar-refractivity contribution >= 4 is 57.5 Å². The van der Waals surface area contributed by atoms with Crippen LogP contribution in [0.3, 0.4) is 0 Å². The van der Waals surface area contributed by atoms with Crippen LogP contribution < -0.4 is 5.32 Å². The van der Waals surface area contributed by atoms with E-state index in [-0.39, 0.29) is 12.5 Å². The lowest BCUT2D eigenvalue weighted by atomic mass is 10.1. The molecule has 0 radical (unpaired) electrons. The van der Waals surface area contributed by atoms with Crippen molar-refractivity contribution in [3.05, 3.63) is 68.2 Å². The van der Waals surface area contributed by atoms with E-state index < -0.39 is 0 Å². The minimum atomic E-state index is -0.214. The van der Waals surface area contributed by atoms with Crippen LogP contribution in [0.5, 0.6) is 0 Å². The molecule has 6 nitrogen and oxygen atoms in total. The van der Waals surface area contributed by atoms with Gasteiger partial charge in [-0.2, -0.15) is 5.10 Å². The van der Waals surface area contributed by atoms with Gasteiger partial charge in [0.25, 0.3) is 0 Å². The minimum Gasteiger partial charge on any atom is -0.300 e. The number of nitrogens with zero attached hydrogens (tertiary/aromatic N) is 3. The van der Waals surface area contributed by atoms with Gasteiger partial charge in [0.1, 0.15) is 6.54 Å². The number of thiophene rings is 1. The standard InChI is InChI=1S/C18H14ClN5OS3/c19-13-5-2-1-4-11(13)8-12-9-20-17(28-12)21-15(25)10-24-16(22-23-18(24)26)14-6-3-7-27-14/h1-7,9H,8,10H2,(H,23,26)(H,20,21,25). The van der Waals surface area contributed by atoms with Crippen molar-refractivity contribution in [3.8, 4) is 10.7 Å². The van der Waals surface area contributed by atoms with Crippen LogP contribution in [0.1, 0.15) is 10.4 Å². The van der Waals surface area contributed by atoms with Crippen molar-refractivity contribution in [1.82, 2.24) is 19.7 Å². The van der Waals surface area contributed by atoms with E-state index in [9.17, 15) is 4.79 Å². The quantitative estimate of drug-likeness (QED) is 0.407. The Morgan fingerprint density at radius 1 is 1.29 bits per heavy atom. The van der Waals surface area contributed by atoms with Gasteiger partial charge in [0, 0.05) is 22.5 Å². The molecule has 0 aliphatic rings. The van der Waals surface area contributed by atoms with Crippen LogP contribution in [-0.2, 0) is 17.8 Å². The van der Waals surface area contributed by atoms with Crippen LogP contribution in [-0.4, -0.2) is 25.7 Å². The highest BCUT2D eigenvalue weighted by atomic mass is 35.5. The molecule has 3 heterocycles. The van der Waals surface area contributed by atoms with Crippen molar-refractivity contribution in [2.45, 2.75) is 13.0 Å². The number of rotatable bonds is 6. The Morgan fingerprint density at radius 3 is 2.93 bits per heavy atom. The Labute approximate surface area is 178 Å². The normalized spacial score (nSPS) is 10.9. The third kappa shape index (κ3) is 4.22. The number of carbonyl (C=O) groups is 1. The molecular formula is C18H14ClN5OS3. The number of aromatic nitrogens is 4. The summed E-state index contributed by atoms with van der Waals surface area (Å²) < 4.78 is 2.08. The minimum absolute atomic E-state index is 0.0575. The number of nitrogens with one attached hydrogen (secondary N) is 2. The predicted octanol–water partition coefficient (Wildman–Crippen LogP) is 5.01. The van der Waals surface area contributed by atoms with Crippen LogP contribution >= 0.6 is 46.5 Å². The molecular weight excluding hydrogens is 434 g/mol. The Kier molecular flexibility index (Phi) is 5.67. The van der Waals surface area contributed by atoms with Crippen molar-refractivity contribution < 1.29 is 4.79 Å². The zero-order chi connectivity index (χ0) is 19.5. The highest BCUT2D eigenvalue weighted by Gasteiger charge is 2.14. The molecule has 0 saturated heterocycles. The summed E-state index contributed by atoms with van der Waals surface area (Å²) in [6.07, 6.45) is 2.42. The first kappa shape index (κ1) is 19.0. The average molecular weight is 448 g/mol. The molecule has 10 heteroatoms. The topological polar surface area (TPSA) is 75.6 Å². The maximum Gasteiger partial charge on any atom is 0.246 e. The summed E-state index contributed by atoms with van der Waals surface area (Å²) in [5.41, 5.74) is 1.02. The molecule has 0 atom stereocenters. The van der Waals surface area contributed by atoms with Gasteiger partial charge in [-0.3, -0.25) is 14.5 Å². The van der Waals surface area contributed by atoms with E-state index in [0.29, 0.717) is 22.1 Å². The second kappa shape index (κ2) is 8.36. The lowest BCUT2D eigenvalue weighted by Gasteiger charge is -2.05. The summed E-state index contributed by atoms with van der Waals surface area (Å²) in [5, 5.41) is 13.0. The number of hydrogen-bond acceptors (Lipinski definition) is 6. The Bertz CT molecular complexity index is 1160. The summed E-state index contributed by atoms with van der Waals surface area (Å²) in [4.78, 5) is 18.8. The van der Waals surface area contributed by atoms with E-state index in [4.69, 9.17) is 23.8 Å². The first-order valence-corrected chi connectivity index (χ1v) is 10.8. The maximum atomic E-state index is 12.5. The fraction of sp³-hybridized carbons (Fsp3) is 0.111. The van der Waals surface area contributed by atoms with Gasteiger partial charge < -0.3 is 5.32 Å². The highest BCUT2D eigenvalue weighted by molar-refractivity contribution is 7.71. The van der Waals surface area contributed by atoms with Gasteiger partial charge >= 0.3 is 0 Å². The smallest absolute Gasteiger partial charge is 0.246 e. The van der Waals surface area contributed by atoms with Crippen molar-refractivity contribution in [2.75, 3.05) is 5.32 Å². The molecule has 0 aliphatic heterocycles. The Balaban J connectivity index is 1.44. The van der Waals surface area contributed by atoms with Crippen LogP contribution in [0.2, 0.25) is 5.02 Å². The van der Waals surface area contributed by atoms with Crippen LogP contribution in [0.15, 0.2) is 48.0 Å². The van der Waals surface area contributed by atoms with Crippen molar-refractivity contribution in [3.63, 3.8) is 0 Å². The molecule has 1 aromatic carbocycles. The number of aromatic amines is 1. The maximum absolute atomic E-state index is 12.5. The van der Waals surface area contributed by atoms with E-state index in [1.807, 2.05) is 41.8 Å². The summed E-state index contributed by atoms with van der Waals surface area (Å²) >= 11 is 14.4. The number of benzene rings is 1. The second-order valence-electron chi connectivity index (χ2n) is 5.86. The number of carbonyl (C=O) groups excluding carboxylic acids is 1. The Morgan fingerprint density at radius 2 is 2.14 bits per heavy atom. The molecule has 142 valence electrons. The molecule has 4 rings (SSSR count). The van der Waals surface area contributed by atoms with Crippen LogP contribution in [0.25, 0.3) is 10.7 Å². The molecule has 0 bridgehead atoms. The van der Waals surface area contributed by atoms with Crippen LogP contribution in [0, 0.1) is 4.77 Å². The predicted molar refractivity (Wildman–Crippen MR) is 116 cm³/mol.